The molecule has 1 rings (SSSR count). The third kappa shape index (κ3) is 0.814. The summed E-state index contributed by atoms with van der Waals surface area (Å²) in [6.45, 7) is 0. The van der Waals surface area contributed by atoms with Gasteiger partial charge < -0.3 is 0 Å². The van der Waals surface area contributed by atoms with Crippen LogP contribution in [0.25, 0.3) is 0 Å². The quantitative estimate of drug-likeness (QED) is 0.609. The van der Waals surface area contributed by atoms with E-state index in [1.54, 1.807) is 19.8 Å². The number of allylic oxidation sites excluding steroid dienone is 4. The summed E-state index contributed by atoms with van der Waals surface area (Å²) in [5, 5.41) is 0. The average Bonchev–Trinajstić information content (AvgIpc) is 1.86. The number of hydrogen-bond acceptors (Lipinski definition) is 0. The molecule has 0 aliphatic heterocycles. The molecule has 0 radical (unpaired) electrons. The molecule has 0 fully saturated rings. The van der Waals surface area contributed by atoms with Crippen molar-refractivity contribution in [2.75, 3.05) is 0 Å². The molecule has 0 nitrogen and oxygen atoms in total. The van der Waals surface area contributed by atoms with E-state index in [1.165, 1.54) is 0 Å². The van der Waals surface area contributed by atoms with Gasteiger partial charge in [0.1, 0.15) is 0 Å². The van der Waals surface area contributed by atoms with Crippen molar-refractivity contribution in [1.82, 2.24) is 0 Å². The van der Waals surface area contributed by atoms with E-state index < -0.39 is 0 Å². The Bertz CT molecular complexity index is 80.1. The molecule has 0 aromatic heterocycles. The van der Waals surface area contributed by atoms with Gasteiger partial charge in [-0.1, -0.05) is 0 Å². The fraction of sp³-hybridized carbons (Fsp3) is 0.200. The first-order valence-corrected chi connectivity index (χ1v) is 3.60. The van der Waals surface area contributed by atoms with Gasteiger partial charge in [-0.3, -0.25) is 0 Å². The van der Waals surface area contributed by atoms with Crippen molar-refractivity contribution in [3.05, 3.63) is 24.3 Å². The van der Waals surface area contributed by atoms with Gasteiger partial charge in [-0.25, -0.2) is 0 Å². The zero-order valence-electron chi connectivity index (χ0n) is 3.29. The van der Waals surface area contributed by atoms with Gasteiger partial charge in [-0.2, -0.15) is 0 Å². The van der Waals surface area contributed by atoms with Crippen molar-refractivity contribution in [1.29, 1.82) is 0 Å². The van der Waals surface area contributed by atoms with Crippen molar-refractivity contribution >= 4 is 0 Å². The van der Waals surface area contributed by atoms with Gasteiger partial charge in [0.25, 0.3) is 0 Å². The second kappa shape index (κ2) is 1.75. The summed E-state index contributed by atoms with van der Waals surface area (Å²) in [4.78, 5) is 0. The van der Waals surface area contributed by atoms with Gasteiger partial charge in [-0.05, 0) is 0 Å². The van der Waals surface area contributed by atoms with Gasteiger partial charge in [0.2, 0.25) is 0 Å². The first-order chi connectivity index (χ1) is 2.89. The number of rotatable bonds is 0. The summed E-state index contributed by atoms with van der Waals surface area (Å²) in [6, 6.07) is 0. The van der Waals surface area contributed by atoms with E-state index >= 15 is 0 Å². The summed E-state index contributed by atoms with van der Waals surface area (Å²) in [7, 11) is 0. The molecular formula is C5H5W+. The minimum absolute atomic E-state index is 0.769. The van der Waals surface area contributed by atoms with Gasteiger partial charge in [0.15, 0.2) is 0 Å². The standard InChI is InChI=1S/C5H5.W/c1-2-4-5-3-1;/h1-5H;/q;+1. The molecule has 30 valence electrons. The third-order valence-corrected chi connectivity index (χ3v) is 1.84. The van der Waals surface area contributed by atoms with Gasteiger partial charge >= 0.3 is 48.4 Å². The first kappa shape index (κ1) is 4.33. The Labute approximate surface area is 48.8 Å². The second-order valence-electron chi connectivity index (χ2n) is 1.23. The van der Waals surface area contributed by atoms with Gasteiger partial charge in [0.05, 0.1) is 0 Å². The normalized spacial score (nSPS) is 20.0. The van der Waals surface area contributed by atoms with E-state index in [1.807, 2.05) is 0 Å². The van der Waals surface area contributed by atoms with E-state index in [0.717, 1.165) is 4.31 Å². The van der Waals surface area contributed by atoms with Crippen LogP contribution in [0.5, 0.6) is 0 Å². The van der Waals surface area contributed by atoms with Crippen LogP contribution in [0, 0.1) is 0 Å². The van der Waals surface area contributed by atoms with Gasteiger partial charge in [0, 0.05) is 0 Å². The van der Waals surface area contributed by atoms with Crippen molar-refractivity contribution in [3.63, 3.8) is 0 Å². The fourth-order valence-corrected chi connectivity index (χ4v) is 1.06. The van der Waals surface area contributed by atoms with Crippen molar-refractivity contribution in [3.8, 4) is 0 Å². The van der Waals surface area contributed by atoms with Crippen molar-refractivity contribution in [2.24, 2.45) is 0 Å². The topological polar surface area (TPSA) is 0 Å². The summed E-state index contributed by atoms with van der Waals surface area (Å²) in [5.41, 5.74) is 0. The van der Waals surface area contributed by atoms with Crippen LogP contribution in [0.3, 0.4) is 0 Å². The Hall–Kier alpha value is 0.168. The number of hydrogen-bond donors (Lipinski definition) is 0. The summed E-state index contributed by atoms with van der Waals surface area (Å²) in [6.07, 6.45) is 8.60. The Morgan fingerprint density at radius 2 is 1.67 bits per heavy atom. The van der Waals surface area contributed by atoms with E-state index in [4.69, 9.17) is 0 Å². The van der Waals surface area contributed by atoms with Crippen LogP contribution in [-0.4, -0.2) is 0 Å². The second-order valence-corrected chi connectivity index (χ2v) is 3.19. The molecule has 0 spiro atoms. The molecule has 0 amide bonds. The van der Waals surface area contributed by atoms with E-state index in [2.05, 4.69) is 24.3 Å². The van der Waals surface area contributed by atoms with E-state index in [-0.39, 0.29) is 0 Å². The first-order valence-electron chi connectivity index (χ1n) is 1.90. The van der Waals surface area contributed by atoms with E-state index in [0.29, 0.717) is 0 Å². The summed E-state index contributed by atoms with van der Waals surface area (Å²) in [5.74, 6) is 0. The molecule has 0 atom stereocenters. The SMILES string of the molecule is [W+][CH]1C=CC=C1. The zero-order chi connectivity index (χ0) is 4.41. The Balaban J connectivity index is 2.60. The maximum atomic E-state index is 2.20. The van der Waals surface area contributed by atoms with Crippen LogP contribution in [-0.2, 0) is 19.8 Å². The van der Waals surface area contributed by atoms with Crippen LogP contribution in [0.15, 0.2) is 24.3 Å². The molecule has 0 saturated carbocycles. The van der Waals surface area contributed by atoms with Crippen molar-refractivity contribution in [2.45, 2.75) is 4.31 Å². The molecule has 0 aromatic rings. The van der Waals surface area contributed by atoms with Crippen LogP contribution in [0.2, 0.25) is 4.31 Å². The molecule has 1 aliphatic rings. The third-order valence-electron chi connectivity index (χ3n) is 0.713. The van der Waals surface area contributed by atoms with Crippen LogP contribution in [0.1, 0.15) is 0 Å². The predicted octanol–water partition coefficient (Wildman–Crippen LogP) is 1.45. The monoisotopic (exact) mass is 249 g/mol. The molecule has 0 aromatic carbocycles. The minimum atomic E-state index is 0.769. The molecule has 0 N–H and O–H groups in total. The van der Waals surface area contributed by atoms with Crippen LogP contribution < -0.4 is 0 Å². The zero-order valence-corrected chi connectivity index (χ0v) is 6.23. The Morgan fingerprint density at radius 3 is 1.83 bits per heavy atom. The molecular weight excluding hydrogens is 244 g/mol. The van der Waals surface area contributed by atoms with Gasteiger partial charge in [-0.15, -0.1) is 0 Å². The summed E-state index contributed by atoms with van der Waals surface area (Å²) < 4.78 is 0.769. The Morgan fingerprint density at radius 1 is 1.17 bits per heavy atom. The molecule has 1 aliphatic carbocycles. The van der Waals surface area contributed by atoms with E-state index in [9.17, 15) is 0 Å². The molecule has 0 bridgehead atoms. The fourth-order valence-electron chi connectivity index (χ4n) is 0.411. The molecule has 0 heterocycles. The molecule has 0 saturated heterocycles. The molecule has 1 heteroatoms. The van der Waals surface area contributed by atoms with Crippen LogP contribution in [0.4, 0.5) is 0 Å². The van der Waals surface area contributed by atoms with Crippen LogP contribution >= 0.6 is 0 Å². The average molecular weight is 249 g/mol. The predicted molar refractivity (Wildman–Crippen MR) is 22.0 cm³/mol. The molecule has 0 unspecified atom stereocenters. The Kier molecular flexibility index (Phi) is 1.26. The maximum absolute atomic E-state index is 2.20. The molecule has 6 heavy (non-hydrogen) atoms. The van der Waals surface area contributed by atoms with Crippen molar-refractivity contribution < 1.29 is 19.8 Å². The summed E-state index contributed by atoms with van der Waals surface area (Å²) >= 11 is 1.63.